The van der Waals surface area contributed by atoms with Gasteiger partial charge in [0.25, 0.3) is 5.91 Å². The number of carbonyl (C=O) groups excluding carboxylic acids is 2. The summed E-state index contributed by atoms with van der Waals surface area (Å²) in [5.41, 5.74) is -0.481. The second-order valence-corrected chi connectivity index (χ2v) is 9.85. The van der Waals surface area contributed by atoms with Crippen molar-refractivity contribution in [2.24, 2.45) is 5.92 Å². The van der Waals surface area contributed by atoms with Gasteiger partial charge in [-0.2, -0.15) is 0 Å². The Morgan fingerprint density at radius 2 is 1.58 bits per heavy atom. The Kier molecular flexibility index (Phi) is 7.05. The summed E-state index contributed by atoms with van der Waals surface area (Å²) in [6, 6.07) is 8.65. The number of rotatable bonds is 6. The molecule has 0 spiro atoms. The molecule has 1 aliphatic carbocycles. The summed E-state index contributed by atoms with van der Waals surface area (Å²) in [4.78, 5) is 25.5. The van der Waals surface area contributed by atoms with Crippen LogP contribution in [-0.4, -0.2) is 16.1 Å². The van der Waals surface area contributed by atoms with Crippen LogP contribution in [0, 0.1) is 29.2 Å². The van der Waals surface area contributed by atoms with Gasteiger partial charge in [0.15, 0.2) is 0 Å². The smallest absolute Gasteiger partial charge is 0.257 e. The average Bonchev–Trinajstić information content (AvgIpc) is 3.38. The SMILES string of the molecule is C=Cc1c(F)cc(C2C(C(=O)Nc3ccc(Cl)c(C(=O)Nc4ccc(F)cc4F)c3)C2(Cl)Cl)cc1F. The summed E-state index contributed by atoms with van der Waals surface area (Å²) in [5.74, 6) is -7.00. The number of amides is 2. The summed E-state index contributed by atoms with van der Waals surface area (Å²) in [6.07, 6.45) is 1.03. The number of carbonyl (C=O) groups is 2. The van der Waals surface area contributed by atoms with Gasteiger partial charge in [-0.1, -0.05) is 24.3 Å². The van der Waals surface area contributed by atoms with E-state index in [4.69, 9.17) is 34.8 Å². The zero-order chi connectivity index (χ0) is 26.4. The van der Waals surface area contributed by atoms with Crippen LogP contribution in [0.5, 0.6) is 0 Å². The number of hydrogen-bond acceptors (Lipinski definition) is 2. The third-order valence-electron chi connectivity index (χ3n) is 5.66. The molecule has 0 radical (unpaired) electrons. The maximum absolute atomic E-state index is 14.2. The lowest BCUT2D eigenvalue weighted by atomic mass is 10.0. The molecule has 2 atom stereocenters. The van der Waals surface area contributed by atoms with E-state index in [0.717, 1.165) is 30.3 Å². The van der Waals surface area contributed by atoms with Gasteiger partial charge in [0.1, 0.15) is 27.6 Å². The molecule has 0 aliphatic heterocycles. The van der Waals surface area contributed by atoms with Crippen molar-refractivity contribution in [3.05, 3.63) is 100 Å². The zero-order valence-electron chi connectivity index (χ0n) is 18.0. The number of anilines is 2. The fraction of sp³-hybridized carbons (Fsp3) is 0.120. The van der Waals surface area contributed by atoms with Crippen LogP contribution >= 0.6 is 34.8 Å². The van der Waals surface area contributed by atoms with E-state index in [1.165, 1.54) is 18.2 Å². The minimum Gasteiger partial charge on any atom is -0.326 e. The maximum atomic E-state index is 14.2. The Hall–Kier alpha value is -3.07. The molecule has 0 saturated heterocycles. The summed E-state index contributed by atoms with van der Waals surface area (Å²) in [7, 11) is 0. The molecule has 0 heterocycles. The van der Waals surface area contributed by atoms with Crippen LogP contribution in [0.3, 0.4) is 0 Å². The molecule has 1 aliphatic rings. The standard InChI is InChI=1S/C25H15Cl3F4N2O2/c1-2-14-17(30)7-11(8-18(14)31)21-22(25(21,27)28)24(36)33-13-4-5-16(26)15(10-13)23(35)34-20-6-3-12(29)9-19(20)32/h2-10,21-22H,1H2,(H,33,36)(H,34,35). The van der Waals surface area contributed by atoms with Gasteiger partial charge in [-0.25, -0.2) is 17.6 Å². The van der Waals surface area contributed by atoms with Crippen molar-refractivity contribution in [1.29, 1.82) is 0 Å². The zero-order valence-corrected chi connectivity index (χ0v) is 20.3. The van der Waals surface area contributed by atoms with Gasteiger partial charge in [-0.3, -0.25) is 9.59 Å². The number of hydrogen-bond donors (Lipinski definition) is 2. The van der Waals surface area contributed by atoms with E-state index in [-0.39, 0.29) is 33.1 Å². The summed E-state index contributed by atoms with van der Waals surface area (Å²) < 4.78 is 53.8. The van der Waals surface area contributed by atoms with Crippen molar-refractivity contribution in [2.45, 2.75) is 10.3 Å². The predicted molar refractivity (Wildman–Crippen MR) is 132 cm³/mol. The molecule has 2 N–H and O–H groups in total. The largest absolute Gasteiger partial charge is 0.326 e. The monoisotopic (exact) mass is 556 g/mol. The Balaban J connectivity index is 1.53. The Morgan fingerprint density at radius 3 is 2.19 bits per heavy atom. The van der Waals surface area contributed by atoms with Crippen molar-refractivity contribution in [3.8, 4) is 0 Å². The molecule has 0 bridgehead atoms. The van der Waals surface area contributed by atoms with Crippen LogP contribution in [0.25, 0.3) is 6.08 Å². The molecule has 1 saturated carbocycles. The molecule has 2 amide bonds. The first-order chi connectivity index (χ1) is 16.9. The summed E-state index contributed by atoms with van der Waals surface area (Å²) >= 11 is 18.6. The number of halogens is 7. The molecule has 36 heavy (non-hydrogen) atoms. The Morgan fingerprint density at radius 1 is 0.917 bits per heavy atom. The van der Waals surface area contributed by atoms with E-state index in [1.54, 1.807) is 0 Å². The molecular weight excluding hydrogens is 543 g/mol. The average molecular weight is 558 g/mol. The van der Waals surface area contributed by atoms with Gasteiger partial charge in [-0.05, 0) is 48.0 Å². The van der Waals surface area contributed by atoms with Crippen LogP contribution in [0.4, 0.5) is 28.9 Å². The molecule has 11 heteroatoms. The number of benzene rings is 3. The second kappa shape index (κ2) is 9.76. The highest BCUT2D eigenvalue weighted by atomic mass is 35.5. The first-order valence-corrected chi connectivity index (χ1v) is 11.4. The molecular formula is C25H15Cl3F4N2O2. The van der Waals surface area contributed by atoms with Crippen molar-refractivity contribution in [2.75, 3.05) is 10.6 Å². The Bertz CT molecular complexity index is 1390. The first-order valence-electron chi connectivity index (χ1n) is 10.3. The lowest BCUT2D eigenvalue weighted by molar-refractivity contribution is -0.117. The lowest BCUT2D eigenvalue weighted by Gasteiger charge is -2.11. The van der Waals surface area contributed by atoms with Gasteiger partial charge in [0.05, 0.1) is 22.2 Å². The minimum absolute atomic E-state index is 0.00499. The van der Waals surface area contributed by atoms with E-state index < -0.39 is 51.3 Å². The van der Waals surface area contributed by atoms with Gasteiger partial charge >= 0.3 is 0 Å². The third kappa shape index (κ3) is 4.93. The van der Waals surface area contributed by atoms with E-state index in [1.807, 2.05) is 0 Å². The fourth-order valence-electron chi connectivity index (χ4n) is 3.82. The third-order valence-corrected chi connectivity index (χ3v) is 6.93. The van der Waals surface area contributed by atoms with Gasteiger partial charge in [-0.15, -0.1) is 23.2 Å². The van der Waals surface area contributed by atoms with E-state index >= 15 is 0 Å². The molecule has 186 valence electrons. The molecule has 3 aromatic rings. The van der Waals surface area contributed by atoms with Gasteiger partial charge < -0.3 is 10.6 Å². The topological polar surface area (TPSA) is 58.2 Å². The van der Waals surface area contributed by atoms with Crippen LogP contribution in [-0.2, 0) is 4.79 Å². The lowest BCUT2D eigenvalue weighted by Crippen LogP contribution is -2.18. The first kappa shape index (κ1) is 26.0. The Labute approximate surface area is 217 Å². The van der Waals surface area contributed by atoms with Gasteiger partial charge in [0, 0.05) is 23.2 Å². The quantitative estimate of drug-likeness (QED) is 0.247. The van der Waals surface area contributed by atoms with E-state index in [9.17, 15) is 27.2 Å². The van der Waals surface area contributed by atoms with E-state index in [0.29, 0.717) is 6.07 Å². The van der Waals surface area contributed by atoms with Crippen LogP contribution < -0.4 is 10.6 Å². The van der Waals surface area contributed by atoms with Crippen LogP contribution in [0.15, 0.2) is 55.1 Å². The highest BCUT2D eigenvalue weighted by molar-refractivity contribution is 6.53. The van der Waals surface area contributed by atoms with Crippen molar-refractivity contribution in [3.63, 3.8) is 0 Å². The van der Waals surface area contributed by atoms with Crippen LogP contribution in [0.1, 0.15) is 27.4 Å². The molecule has 3 aromatic carbocycles. The highest BCUT2D eigenvalue weighted by Gasteiger charge is 2.67. The van der Waals surface area contributed by atoms with Crippen molar-refractivity contribution >= 4 is 64.1 Å². The molecule has 2 unspecified atom stereocenters. The van der Waals surface area contributed by atoms with Crippen LogP contribution in [0.2, 0.25) is 5.02 Å². The predicted octanol–water partition coefficient (Wildman–Crippen LogP) is 7.32. The number of alkyl halides is 2. The normalized spacial score (nSPS) is 17.9. The van der Waals surface area contributed by atoms with Crippen molar-refractivity contribution < 1.29 is 27.2 Å². The fourth-order valence-corrected chi connectivity index (χ4v) is 4.86. The molecule has 4 nitrogen and oxygen atoms in total. The second-order valence-electron chi connectivity index (χ2n) is 7.99. The van der Waals surface area contributed by atoms with Crippen molar-refractivity contribution in [1.82, 2.24) is 0 Å². The summed E-state index contributed by atoms with van der Waals surface area (Å²) in [5, 5.41) is 4.81. The summed E-state index contributed by atoms with van der Waals surface area (Å²) in [6.45, 7) is 3.35. The minimum atomic E-state index is -1.63. The van der Waals surface area contributed by atoms with Gasteiger partial charge in [0.2, 0.25) is 5.91 Å². The molecule has 0 aromatic heterocycles. The maximum Gasteiger partial charge on any atom is 0.257 e. The molecule has 1 fully saturated rings. The van der Waals surface area contributed by atoms with E-state index in [2.05, 4.69) is 17.2 Å². The highest BCUT2D eigenvalue weighted by Crippen LogP contribution is 2.65. The number of nitrogens with one attached hydrogen (secondary N) is 2. The molecule has 4 rings (SSSR count).